The number of hydrogen-bond donors (Lipinski definition) is 1. The Hall–Kier alpha value is -2.17. The van der Waals surface area contributed by atoms with Crippen molar-refractivity contribution in [3.8, 4) is 5.69 Å². The van der Waals surface area contributed by atoms with Gasteiger partial charge in [-0.2, -0.15) is 5.10 Å². The maximum absolute atomic E-state index is 14.6. The second-order valence-electron chi connectivity index (χ2n) is 17.3. The first-order valence-electron chi connectivity index (χ1n) is 17.1. The highest BCUT2D eigenvalue weighted by Gasteiger charge is 2.77. The predicted molar refractivity (Wildman–Crippen MR) is 177 cm³/mol. The van der Waals surface area contributed by atoms with Crippen molar-refractivity contribution in [2.45, 2.75) is 122 Å². The number of aliphatic hydroxyl groups is 1. The van der Waals surface area contributed by atoms with Crippen molar-refractivity contribution in [1.29, 1.82) is 0 Å². The molecule has 1 aromatic heterocycles. The van der Waals surface area contributed by atoms with E-state index in [1.54, 1.807) is 12.1 Å². The number of carbonyl (C=O) groups is 1. The van der Waals surface area contributed by atoms with E-state index < -0.39 is 31.2 Å². The van der Waals surface area contributed by atoms with Crippen molar-refractivity contribution in [3.05, 3.63) is 53.1 Å². The molecular weight excluding hydrogens is 600 g/mol. The van der Waals surface area contributed by atoms with E-state index >= 15 is 0 Å². The third-order valence-electron chi connectivity index (χ3n) is 13.3. The Kier molecular flexibility index (Phi) is 7.16. The number of hydrogen-bond acceptors (Lipinski definition) is 6. The van der Waals surface area contributed by atoms with Gasteiger partial charge in [-0.1, -0.05) is 40.2 Å². The molecule has 1 aliphatic heterocycles. The molecule has 0 spiro atoms. The molecule has 7 rings (SSSR count). The first kappa shape index (κ1) is 32.4. The van der Waals surface area contributed by atoms with Gasteiger partial charge in [-0.05, 0) is 123 Å². The van der Waals surface area contributed by atoms with E-state index in [0.717, 1.165) is 42.6 Å². The number of Topliss-reactive ketones (excluding diaryl/α,β-unsaturated/α-hetero) is 1. The first-order valence-corrected chi connectivity index (χ1v) is 20.0. The van der Waals surface area contributed by atoms with Crippen LogP contribution in [0.4, 0.5) is 4.39 Å². The van der Waals surface area contributed by atoms with Crippen molar-refractivity contribution in [1.82, 2.24) is 9.78 Å². The molecule has 0 radical (unpaired) electrons. The molecule has 5 aliphatic rings. The summed E-state index contributed by atoms with van der Waals surface area (Å²) in [6.07, 6.45) is 7.07. The van der Waals surface area contributed by atoms with Crippen LogP contribution in [0.2, 0.25) is 18.1 Å². The fourth-order valence-corrected chi connectivity index (χ4v) is 11.1. The fourth-order valence-electron chi connectivity index (χ4n) is 10.1. The normalized spacial score (nSPS) is 37.9. The highest BCUT2D eigenvalue weighted by molar-refractivity contribution is 6.74. The summed E-state index contributed by atoms with van der Waals surface area (Å²) in [5.74, 6) is -0.783. The minimum atomic E-state index is -2.19. The Morgan fingerprint density at radius 3 is 2.54 bits per heavy atom. The number of aromatic nitrogens is 2. The minimum Gasteiger partial charge on any atom is -0.409 e. The second-order valence-corrected chi connectivity index (χ2v) is 22.1. The van der Waals surface area contributed by atoms with Gasteiger partial charge in [0.05, 0.1) is 36.4 Å². The maximum atomic E-state index is 14.6. The Labute approximate surface area is 274 Å². The van der Waals surface area contributed by atoms with E-state index in [1.807, 2.05) is 24.7 Å². The molecule has 46 heavy (non-hydrogen) atoms. The van der Waals surface area contributed by atoms with Gasteiger partial charge >= 0.3 is 0 Å². The van der Waals surface area contributed by atoms with E-state index in [4.69, 9.17) is 19.0 Å². The molecule has 2 aromatic rings. The SMILES string of the molecule is CC1(C)O[C@@H]2C[C@H]3[C@@H]4CCC5=Cc6c(cnn6-c6ccc(F)cc6)C[C@]5(C)[C@H]4[C@@H](O)C[C@]3(C)[C@]2(C(=O)CO[Si](C)(C)C(C)(C)C)O1. The summed E-state index contributed by atoms with van der Waals surface area (Å²) in [5, 5.41) is 17.0. The lowest BCUT2D eigenvalue weighted by Gasteiger charge is -2.60. The van der Waals surface area contributed by atoms with Gasteiger partial charge in [0.1, 0.15) is 5.82 Å². The van der Waals surface area contributed by atoms with Gasteiger partial charge in [0, 0.05) is 5.41 Å². The molecule has 8 atom stereocenters. The number of benzene rings is 1. The fraction of sp³-hybridized carbons (Fsp3) is 0.676. The van der Waals surface area contributed by atoms with Crippen LogP contribution < -0.4 is 0 Å². The first-order chi connectivity index (χ1) is 21.3. The number of aliphatic hydroxyl groups excluding tert-OH is 1. The molecule has 0 unspecified atom stereocenters. The van der Waals surface area contributed by atoms with E-state index in [-0.39, 0.29) is 52.5 Å². The van der Waals surface area contributed by atoms with Gasteiger partial charge in [0.25, 0.3) is 0 Å². The average molecular weight is 651 g/mol. The standard InChI is InChI=1S/C37H51FN2O5Si/c1-33(2,3)46(8,9)43-21-30(42)37-31(44-34(4,5)45-37)17-27-26-15-10-23-16-28-22(20-39-40(28)25-13-11-24(38)12-14-25)18-35(23,6)32(26)29(41)19-36(27,37)7/h11-14,16,20,26-27,29,31-32,41H,10,15,17-19,21H2,1-9H3/t26-,27-,29-,31+,32+,35-,36-,37+/m0/s1. The van der Waals surface area contributed by atoms with E-state index in [1.165, 1.54) is 17.7 Å². The Morgan fingerprint density at radius 2 is 1.87 bits per heavy atom. The maximum Gasteiger partial charge on any atom is 0.192 e. The average Bonchev–Trinajstić information content (AvgIpc) is 3.55. The molecule has 1 N–H and O–H groups in total. The van der Waals surface area contributed by atoms with Crippen LogP contribution in [0, 0.1) is 34.4 Å². The van der Waals surface area contributed by atoms with Crippen molar-refractivity contribution < 1.29 is 28.2 Å². The van der Waals surface area contributed by atoms with Crippen LogP contribution in [-0.4, -0.2) is 59.2 Å². The zero-order chi connectivity index (χ0) is 33.2. The largest absolute Gasteiger partial charge is 0.409 e. The van der Waals surface area contributed by atoms with Crippen LogP contribution in [0.1, 0.15) is 85.4 Å². The number of nitrogens with zero attached hydrogens (tertiary/aromatic N) is 2. The summed E-state index contributed by atoms with van der Waals surface area (Å²) in [6.45, 7) is 19.2. The summed E-state index contributed by atoms with van der Waals surface area (Å²) >= 11 is 0. The van der Waals surface area contributed by atoms with E-state index in [2.05, 4.69) is 53.8 Å². The minimum absolute atomic E-state index is 0.00432. The summed E-state index contributed by atoms with van der Waals surface area (Å²) in [4.78, 5) is 14.6. The number of carbonyl (C=O) groups excluding carboxylic acids is 1. The summed E-state index contributed by atoms with van der Waals surface area (Å²) in [5.41, 5.74) is 2.36. The van der Waals surface area contributed by atoms with Crippen molar-refractivity contribution in [2.75, 3.05) is 6.61 Å². The van der Waals surface area contributed by atoms with Gasteiger partial charge in [0.2, 0.25) is 0 Å². The number of rotatable bonds is 5. The monoisotopic (exact) mass is 650 g/mol. The van der Waals surface area contributed by atoms with Crippen molar-refractivity contribution >= 4 is 20.2 Å². The number of ether oxygens (including phenoxy) is 2. The molecule has 250 valence electrons. The smallest absolute Gasteiger partial charge is 0.192 e. The number of ketones is 1. The number of fused-ring (bicyclic) bond motifs is 8. The lowest BCUT2D eigenvalue weighted by molar-refractivity contribution is -0.226. The zero-order valence-corrected chi connectivity index (χ0v) is 29.9. The number of halogens is 1. The van der Waals surface area contributed by atoms with Crippen LogP contribution >= 0.6 is 0 Å². The summed E-state index contributed by atoms with van der Waals surface area (Å²) in [7, 11) is -2.19. The van der Waals surface area contributed by atoms with Gasteiger partial charge in [-0.15, -0.1) is 0 Å². The van der Waals surface area contributed by atoms with Gasteiger partial charge in [-0.25, -0.2) is 9.07 Å². The van der Waals surface area contributed by atoms with E-state index in [0.29, 0.717) is 6.42 Å². The van der Waals surface area contributed by atoms with Crippen LogP contribution in [0.25, 0.3) is 11.8 Å². The molecule has 7 nitrogen and oxygen atoms in total. The van der Waals surface area contributed by atoms with Gasteiger partial charge in [0.15, 0.2) is 25.5 Å². The Balaban J connectivity index is 1.21. The molecule has 1 saturated heterocycles. The van der Waals surface area contributed by atoms with Gasteiger partial charge < -0.3 is 19.0 Å². The quantitative estimate of drug-likeness (QED) is 0.343. The van der Waals surface area contributed by atoms with Crippen molar-refractivity contribution in [3.63, 3.8) is 0 Å². The third-order valence-corrected chi connectivity index (χ3v) is 17.8. The van der Waals surface area contributed by atoms with E-state index in [9.17, 15) is 14.3 Å². The molecule has 1 aromatic carbocycles. The summed E-state index contributed by atoms with van der Waals surface area (Å²) in [6, 6.07) is 6.45. The molecule has 0 amide bonds. The second kappa shape index (κ2) is 10.2. The lowest BCUT2D eigenvalue weighted by atomic mass is 9.45. The Morgan fingerprint density at radius 1 is 1.17 bits per heavy atom. The topological polar surface area (TPSA) is 82.8 Å². The molecule has 4 aliphatic carbocycles. The molecule has 3 saturated carbocycles. The lowest BCUT2D eigenvalue weighted by Crippen LogP contribution is -2.64. The van der Waals surface area contributed by atoms with Crippen LogP contribution in [0.5, 0.6) is 0 Å². The molecule has 0 bridgehead atoms. The zero-order valence-electron chi connectivity index (χ0n) is 28.9. The highest BCUT2D eigenvalue weighted by atomic mass is 28.4. The van der Waals surface area contributed by atoms with Crippen LogP contribution in [0.15, 0.2) is 36.0 Å². The Bertz CT molecular complexity index is 1590. The molecular formula is C37H51FN2O5Si. The van der Waals surface area contributed by atoms with Crippen molar-refractivity contribution in [2.24, 2.45) is 28.6 Å². The van der Waals surface area contributed by atoms with Gasteiger partial charge in [-0.3, -0.25) is 4.79 Å². The summed E-state index contributed by atoms with van der Waals surface area (Å²) < 4.78 is 35.5. The highest BCUT2D eigenvalue weighted by Crippen LogP contribution is 2.70. The molecule has 2 heterocycles. The molecule has 9 heteroatoms. The predicted octanol–water partition coefficient (Wildman–Crippen LogP) is 7.26. The molecule has 4 fully saturated rings. The van der Waals surface area contributed by atoms with Crippen LogP contribution in [0.3, 0.4) is 0 Å². The number of allylic oxidation sites excluding steroid dienone is 1. The van der Waals surface area contributed by atoms with Crippen LogP contribution in [-0.2, 0) is 25.1 Å². The third kappa shape index (κ3) is 4.47.